The van der Waals surface area contributed by atoms with E-state index in [-0.39, 0.29) is 23.7 Å². The van der Waals surface area contributed by atoms with Crippen LogP contribution in [0.2, 0.25) is 0 Å². The van der Waals surface area contributed by atoms with Crippen molar-refractivity contribution >= 4 is 34.8 Å². The molecule has 0 unspecified atom stereocenters. The number of carbonyl (C=O) groups is 4. The van der Waals surface area contributed by atoms with Gasteiger partial charge in [0.15, 0.2) is 11.4 Å². The van der Waals surface area contributed by atoms with Gasteiger partial charge in [0, 0.05) is 25.6 Å². The van der Waals surface area contributed by atoms with Crippen molar-refractivity contribution in [3.05, 3.63) is 40.2 Å². The second kappa shape index (κ2) is 9.36. The molecule has 0 heterocycles. The Morgan fingerprint density at radius 3 is 2.26 bits per heavy atom. The van der Waals surface area contributed by atoms with E-state index in [9.17, 15) is 44.7 Å². The number of aliphatic hydroxyl groups excluding tert-OH is 3. The molecule has 2 amide bonds. The number of primary amides is 1. The van der Waals surface area contributed by atoms with Gasteiger partial charge in [-0.05, 0) is 31.6 Å². The molecule has 0 spiro atoms. The fourth-order valence-corrected chi connectivity index (χ4v) is 6.09. The van der Waals surface area contributed by atoms with E-state index in [1.807, 2.05) is 0 Å². The van der Waals surface area contributed by atoms with Gasteiger partial charge in [0.05, 0.1) is 35.9 Å². The molecule has 210 valence electrons. The maximum Gasteiger partial charge on any atom is 0.255 e. The Morgan fingerprint density at radius 2 is 1.72 bits per heavy atom. The van der Waals surface area contributed by atoms with Crippen LogP contribution >= 0.6 is 0 Å². The molecule has 0 bridgehead atoms. The van der Waals surface area contributed by atoms with Crippen molar-refractivity contribution in [1.82, 2.24) is 9.80 Å². The number of nitrogens with two attached hydrogens (primary N) is 1. The topological polar surface area (TPSA) is 214 Å². The summed E-state index contributed by atoms with van der Waals surface area (Å²) in [6.07, 6.45) is -1.67. The van der Waals surface area contributed by atoms with E-state index in [1.165, 1.54) is 30.0 Å². The molecule has 3 aliphatic rings. The monoisotopic (exact) mass is 544 g/mol. The summed E-state index contributed by atoms with van der Waals surface area (Å²) in [6.45, 7) is 1.46. The Bertz CT molecular complexity index is 1370. The molecule has 4 rings (SSSR count). The number of phenolic OH excluding ortho intramolecular Hbond substituents is 1. The van der Waals surface area contributed by atoms with Crippen LogP contribution in [0.15, 0.2) is 29.0 Å². The molecule has 13 nitrogen and oxygen atoms in total. The molecule has 1 aromatic carbocycles. The lowest BCUT2D eigenvalue weighted by Crippen LogP contribution is -2.70. The molecular weight excluding hydrogens is 512 g/mol. The second-order valence-electron chi connectivity index (χ2n) is 10.6. The summed E-state index contributed by atoms with van der Waals surface area (Å²) in [5.74, 6) is -9.90. The molecule has 1 saturated carbocycles. The zero-order valence-corrected chi connectivity index (χ0v) is 22.1. The van der Waals surface area contributed by atoms with E-state index >= 15 is 0 Å². The molecule has 3 aliphatic carbocycles. The van der Waals surface area contributed by atoms with Gasteiger partial charge in [-0.25, -0.2) is 0 Å². The van der Waals surface area contributed by atoms with Gasteiger partial charge in [0.2, 0.25) is 11.7 Å². The molecule has 6 atom stereocenters. The SMILES string of the molecule is C[C@H]1c2ccc(NCC(=O)N(C)C)c(O)c2C(O)=C2C(=O)[C@]3(O)C(O)=C(C(N)=O)C(=O)[C@@H](N(C)C)[C@@H]3[C@@H](O)[C@@H]21. The first-order chi connectivity index (χ1) is 18.1. The number of anilines is 1. The number of Topliss-reactive ketones (excluding diaryl/α,β-unsaturated/α-hetero) is 2. The number of likely N-dealkylation sites (N-methyl/N-ethyl adjacent to an activating group) is 2. The minimum atomic E-state index is -2.98. The van der Waals surface area contributed by atoms with Crippen LogP contribution in [0.4, 0.5) is 5.69 Å². The van der Waals surface area contributed by atoms with Crippen LogP contribution in [0.5, 0.6) is 5.75 Å². The van der Waals surface area contributed by atoms with Gasteiger partial charge < -0.3 is 41.5 Å². The molecule has 1 aromatic rings. The Hall–Kier alpha value is -3.94. The summed E-state index contributed by atoms with van der Waals surface area (Å²) in [5, 5.41) is 59.4. The Labute approximate surface area is 223 Å². The lowest BCUT2D eigenvalue weighted by Gasteiger charge is -2.53. The standard InChI is InChI=1S/C26H32N4O9/c1-9-10-6-7-11(28-8-12(31)29(2)3)19(32)14(10)20(33)15-13(9)21(34)17-18(30(4)5)22(35)16(25(27)38)24(37)26(17,39)23(15)36/h6-7,9,13,17-18,21,28,32-34,37,39H,8H2,1-5H3,(H2,27,38)/t9-,13+,17+,18-,21-,26-/m0/s1. The third-order valence-electron chi connectivity index (χ3n) is 8.06. The number of amides is 2. The van der Waals surface area contributed by atoms with Gasteiger partial charge in [-0.15, -0.1) is 0 Å². The third-order valence-corrected chi connectivity index (χ3v) is 8.06. The number of aliphatic hydroxyl groups is 4. The molecule has 0 aliphatic heterocycles. The van der Waals surface area contributed by atoms with Gasteiger partial charge in [-0.1, -0.05) is 13.0 Å². The fraction of sp³-hybridized carbons (Fsp3) is 0.462. The van der Waals surface area contributed by atoms with E-state index in [1.54, 1.807) is 27.1 Å². The average Bonchev–Trinajstić information content (AvgIpc) is 2.84. The molecule has 0 aromatic heterocycles. The highest BCUT2D eigenvalue weighted by Gasteiger charge is 2.68. The number of phenols is 1. The van der Waals surface area contributed by atoms with Crippen LogP contribution in [0, 0.1) is 11.8 Å². The van der Waals surface area contributed by atoms with Crippen LogP contribution in [0.1, 0.15) is 24.0 Å². The zero-order chi connectivity index (χ0) is 29.3. The highest BCUT2D eigenvalue weighted by atomic mass is 16.4. The highest BCUT2D eigenvalue weighted by molar-refractivity contribution is 6.24. The Morgan fingerprint density at radius 1 is 1.10 bits per heavy atom. The number of hydrogen-bond acceptors (Lipinski definition) is 11. The molecule has 13 heteroatoms. The summed E-state index contributed by atoms with van der Waals surface area (Å²) in [6, 6.07) is 1.63. The van der Waals surface area contributed by atoms with Crippen molar-refractivity contribution in [2.75, 3.05) is 40.1 Å². The van der Waals surface area contributed by atoms with Gasteiger partial charge in [-0.3, -0.25) is 24.1 Å². The van der Waals surface area contributed by atoms with E-state index in [0.29, 0.717) is 5.56 Å². The van der Waals surface area contributed by atoms with Crippen molar-refractivity contribution in [3.8, 4) is 5.75 Å². The smallest absolute Gasteiger partial charge is 0.255 e. The van der Waals surface area contributed by atoms with Gasteiger partial charge >= 0.3 is 0 Å². The lowest BCUT2D eigenvalue weighted by atomic mass is 9.54. The van der Waals surface area contributed by atoms with Crippen LogP contribution in [-0.4, -0.2) is 111 Å². The Balaban J connectivity index is 1.94. The molecule has 39 heavy (non-hydrogen) atoms. The van der Waals surface area contributed by atoms with Crippen molar-refractivity contribution in [2.24, 2.45) is 17.6 Å². The quantitative estimate of drug-likeness (QED) is 0.176. The average molecular weight is 545 g/mol. The van der Waals surface area contributed by atoms with E-state index in [4.69, 9.17) is 5.73 Å². The second-order valence-corrected chi connectivity index (χ2v) is 10.6. The Kier molecular flexibility index (Phi) is 6.74. The first-order valence-corrected chi connectivity index (χ1v) is 12.2. The molecule has 1 fully saturated rings. The predicted molar refractivity (Wildman–Crippen MR) is 138 cm³/mol. The van der Waals surface area contributed by atoms with Crippen molar-refractivity contribution in [3.63, 3.8) is 0 Å². The van der Waals surface area contributed by atoms with Crippen molar-refractivity contribution < 1.29 is 44.7 Å². The summed E-state index contributed by atoms with van der Waals surface area (Å²) in [7, 11) is 5.99. The van der Waals surface area contributed by atoms with Crippen molar-refractivity contribution in [2.45, 2.75) is 30.6 Å². The number of ketones is 2. The first-order valence-electron chi connectivity index (χ1n) is 12.2. The van der Waals surface area contributed by atoms with Gasteiger partial charge in [0.1, 0.15) is 22.8 Å². The summed E-state index contributed by atoms with van der Waals surface area (Å²) in [4.78, 5) is 53.9. The number of nitrogens with one attached hydrogen (secondary N) is 1. The number of nitrogens with zero attached hydrogens (tertiary/aromatic N) is 2. The van der Waals surface area contributed by atoms with E-state index < -0.39 is 81.4 Å². The fourth-order valence-electron chi connectivity index (χ4n) is 6.09. The summed E-state index contributed by atoms with van der Waals surface area (Å²) >= 11 is 0. The lowest BCUT2D eigenvalue weighted by molar-refractivity contribution is -0.169. The number of benzene rings is 1. The highest BCUT2D eigenvalue weighted by Crippen LogP contribution is 2.56. The maximum absolute atomic E-state index is 14.0. The number of carbonyl (C=O) groups excluding carboxylic acids is 4. The molecular formula is C26H32N4O9. The van der Waals surface area contributed by atoms with Gasteiger partial charge in [-0.2, -0.15) is 0 Å². The van der Waals surface area contributed by atoms with Crippen molar-refractivity contribution in [1.29, 1.82) is 0 Å². The largest absolute Gasteiger partial charge is 0.508 e. The van der Waals surface area contributed by atoms with Gasteiger partial charge in [0.25, 0.3) is 5.91 Å². The summed E-state index contributed by atoms with van der Waals surface area (Å²) < 4.78 is 0. The molecule has 8 N–H and O–H groups in total. The number of aromatic hydroxyl groups is 1. The number of fused-ring (bicyclic) bond motifs is 3. The summed E-state index contributed by atoms with van der Waals surface area (Å²) in [5.41, 5.74) is 1.15. The van der Waals surface area contributed by atoms with Crippen LogP contribution in [-0.2, 0) is 19.2 Å². The minimum absolute atomic E-state index is 0.0804. The molecule has 0 radical (unpaired) electrons. The van der Waals surface area contributed by atoms with Crippen LogP contribution in [0.3, 0.4) is 0 Å². The van der Waals surface area contributed by atoms with E-state index in [2.05, 4.69) is 5.32 Å². The predicted octanol–water partition coefficient (Wildman–Crippen LogP) is -1.00. The van der Waals surface area contributed by atoms with Crippen LogP contribution < -0.4 is 11.1 Å². The minimum Gasteiger partial charge on any atom is -0.508 e. The number of hydrogen-bond donors (Lipinski definition) is 7. The molecule has 0 saturated heterocycles. The zero-order valence-electron chi connectivity index (χ0n) is 22.1. The normalized spacial score (nSPS) is 30.1. The first kappa shape index (κ1) is 28.1. The maximum atomic E-state index is 14.0. The number of rotatable bonds is 5. The van der Waals surface area contributed by atoms with Crippen LogP contribution in [0.25, 0.3) is 5.76 Å². The third kappa shape index (κ3) is 3.79. The van der Waals surface area contributed by atoms with E-state index in [0.717, 1.165) is 0 Å².